The fourth-order valence-corrected chi connectivity index (χ4v) is 7.14. The highest BCUT2D eigenvalue weighted by atomic mass is 16.3. The maximum absolute atomic E-state index is 12.4. The van der Waals surface area contributed by atoms with Crippen LogP contribution in [0.2, 0.25) is 0 Å². The van der Waals surface area contributed by atoms with Gasteiger partial charge in [0.2, 0.25) is 5.91 Å². The number of hydrogen-bond acceptors (Lipinski definition) is 3. The van der Waals surface area contributed by atoms with Crippen LogP contribution in [0.3, 0.4) is 0 Å². The van der Waals surface area contributed by atoms with E-state index in [2.05, 4.69) is 165 Å². The van der Waals surface area contributed by atoms with Crippen LogP contribution in [-0.4, -0.2) is 34.9 Å². The van der Waals surface area contributed by atoms with Crippen molar-refractivity contribution in [3.05, 3.63) is 158 Å². The minimum absolute atomic E-state index is 0.0999. The summed E-state index contributed by atoms with van der Waals surface area (Å²) in [6.07, 6.45) is 91.0. The van der Waals surface area contributed by atoms with Gasteiger partial charge in [0.1, 0.15) is 0 Å². The number of amides is 1. The Balaban J connectivity index is 3.72. The van der Waals surface area contributed by atoms with Crippen LogP contribution in [0.5, 0.6) is 0 Å². The number of unbranched alkanes of at least 4 members (excludes halogenated alkanes) is 16. The van der Waals surface area contributed by atoms with E-state index in [1.165, 1.54) is 77.0 Å². The first kappa shape index (κ1) is 63.0. The van der Waals surface area contributed by atoms with Gasteiger partial charge in [-0.05, 0) is 116 Å². The molecule has 0 fully saturated rings. The fourth-order valence-electron chi connectivity index (χ4n) is 7.14. The van der Waals surface area contributed by atoms with Crippen LogP contribution in [0.15, 0.2) is 158 Å². The van der Waals surface area contributed by atoms with Crippen molar-refractivity contribution in [1.82, 2.24) is 5.32 Å². The summed E-state index contributed by atoms with van der Waals surface area (Å²) < 4.78 is 0. The van der Waals surface area contributed by atoms with Gasteiger partial charge in [0.15, 0.2) is 0 Å². The average Bonchev–Trinajstić information content (AvgIpc) is 3.33. The molecule has 2 atom stereocenters. The van der Waals surface area contributed by atoms with Gasteiger partial charge >= 0.3 is 0 Å². The Kier molecular flexibility index (Phi) is 53.0. The summed E-state index contributed by atoms with van der Waals surface area (Å²) in [6, 6.07) is -0.661. The van der Waals surface area contributed by atoms with Crippen LogP contribution in [-0.2, 0) is 4.79 Å². The Bertz CT molecular complexity index is 1460. The molecule has 0 aromatic carbocycles. The van der Waals surface area contributed by atoms with Crippen molar-refractivity contribution in [1.29, 1.82) is 0 Å². The molecule has 0 bridgehead atoms. The molecule has 0 spiro atoms. The molecule has 0 saturated heterocycles. The maximum Gasteiger partial charge on any atom is 0.220 e. The van der Waals surface area contributed by atoms with Crippen molar-refractivity contribution in [3.63, 3.8) is 0 Å². The lowest BCUT2D eigenvalue weighted by Crippen LogP contribution is -2.45. The van der Waals surface area contributed by atoms with E-state index in [9.17, 15) is 15.0 Å². The molecule has 1 amide bonds. The third kappa shape index (κ3) is 52.8. The zero-order valence-electron chi connectivity index (χ0n) is 43.1. The molecule has 67 heavy (non-hydrogen) atoms. The molecule has 0 aromatic rings. The van der Waals surface area contributed by atoms with Crippen LogP contribution in [0.25, 0.3) is 0 Å². The van der Waals surface area contributed by atoms with Crippen LogP contribution < -0.4 is 5.32 Å². The van der Waals surface area contributed by atoms with E-state index >= 15 is 0 Å². The number of aliphatic hydroxyl groups is 2. The van der Waals surface area contributed by atoms with Crippen LogP contribution >= 0.6 is 0 Å². The normalized spacial score (nSPS) is 14.1. The molecule has 0 saturated carbocycles. The molecule has 2 unspecified atom stereocenters. The van der Waals surface area contributed by atoms with E-state index in [1.807, 2.05) is 6.08 Å². The van der Waals surface area contributed by atoms with E-state index in [-0.39, 0.29) is 12.5 Å². The largest absolute Gasteiger partial charge is 0.394 e. The second-order valence-electron chi connectivity index (χ2n) is 17.6. The minimum atomic E-state index is -0.882. The zero-order chi connectivity index (χ0) is 48.5. The van der Waals surface area contributed by atoms with Crippen molar-refractivity contribution < 1.29 is 15.0 Å². The Morgan fingerprint density at radius 2 is 0.672 bits per heavy atom. The van der Waals surface area contributed by atoms with E-state index in [0.29, 0.717) is 6.42 Å². The molecular formula is C63H101NO3. The number of carbonyl (C=O) groups is 1. The highest BCUT2D eigenvalue weighted by Crippen LogP contribution is 2.12. The molecule has 0 aliphatic carbocycles. The highest BCUT2D eigenvalue weighted by Gasteiger charge is 2.17. The lowest BCUT2D eigenvalue weighted by Gasteiger charge is -2.19. The molecule has 0 aromatic heterocycles. The topological polar surface area (TPSA) is 69.6 Å². The van der Waals surface area contributed by atoms with Gasteiger partial charge in [0.25, 0.3) is 0 Å². The molecule has 4 heteroatoms. The smallest absolute Gasteiger partial charge is 0.220 e. The lowest BCUT2D eigenvalue weighted by atomic mass is 10.1. The van der Waals surface area contributed by atoms with Gasteiger partial charge in [-0.2, -0.15) is 0 Å². The van der Waals surface area contributed by atoms with Crippen molar-refractivity contribution in [2.24, 2.45) is 0 Å². The Morgan fingerprint density at radius 1 is 0.373 bits per heavy atom. The Morgan fingerprint density at radius 3 is 1.04 bits per heavy atom. The molecule has 0 aliphatic heterocycles. The van der Waals surface area contributed by atoms with Crippen LogP contribution in [0.4, 0.5) is 0 Å². The van der Waals surface area contributed by atoms with E-state index in [0.717, 1.165) is 116 Å². The molecule has 0 radical (unpaired) electrons. The number of rotatable bonds is 47. The third-order valence-electron chi connectivity index (χ3n) is 11.2. The quantitative estimate of drug-likeness (QED) is 0.0421. The second-order valence-corrected chi connectivity index (χ2v) is 17.6. The highest BCUT2D eigenvalue weighted by molar-refractivity contribution is 5.76. The van der Waals surface area contributed by atoms with Gasteiger partial charge < -0.3 is 15.5 Å². The second kappa shape index (κ2) is 56.3. The third-order valence-corrected chi connectivity index (χ3v) is 11.2. The van der Waals surface area contributed by atoms with Gasteiger partial charge in [-0.15, -0.1) is 0 Å². The van der Waals surface area contributed by atoms with Gasteiger partial charge in [0.05, 0.1) is 18.8 Å². The molecule has 0 heterocycles. The summed E-state index contributed by atoms with van der Waals surface area (Å²) in [6.45, 7) is 4.16. The summed E-state index contributed by atoms with van der Waals surface area (Å²) in [7, 11) is 0. The molecular weight excluding hydrogens is 819 g/mol. The van der Waals surface area contributed by atoms with Gasteiger partial charge in [-0.1, -0.05) is 249 Å². The Labute approximate surface area is 414 Å². The van der Waals surface area contributed by atoms with Crippen LogP contribution in [0, 0.1) is 0 Å². The molecule has 4 nitrogen and oxygen atoms in total. The SMILES string of the molecule is CC/C=C\C/C=C\C/C=C\C/C=C\C/C=C\C/C=C\C/C=C\C/C=C\C/C=C\C/C=C\C/C=C\CCCCCCCC(=O)NC(CO)C(O)/C=C/CC/C=C/CCCCCCCCCCCC. The summed E-state index contributed by atoms with van der Waals surface area (Å²) in [5, 5.41) is 23.0. The van der Waals surface area contributed by atoms with Gasteiger partial charge in [-0.3, -0.25) is 4.79 Å². The number of aliphatic hydroxyl groups excluding tert-OH is 2. The van der Waals surface area contributed by atoms with E-state index in [1.54, 1.807) is 6.08 Å². The summed E-state index contributed by atoms with van der Waals surface area (Å²) in [5.74, 6) is -0.0999. The van der Waals surface area contributed by atoms with Crippen molar-refractivity contribution in [2.45, 2.75) is 225 Å². The van der Waals surface area contributed by atoms with E-state index < -0.39 is 12.1 Å². The summed E-state index contributed by atoms with van der Waals surface area (Å²) in [4.78, 5) is 12.4. The molecule has 3 N–H and O–H groups in total. The first-order chi connectivity index (χ1) is 33.2. The number of carbonyl (C=O) groups excluding carboxylic acids is 1. The molecule has 0 aliphatic rings. The summed E-state index contributed by atoms with van der Waals surface area (Å²) in [5.41, 5.74) is 0. The first-order valence-electron chi connectivity index (χ1n) is 27.2. The number of nitrogens with one attached hydrogen (secondary N) is 1. The lowest BCUT2D eigenvalue weighted by molar-refractivity contribution is -0.123. The monoisotopic (exact) mass is 920 g/mol. The van der Waals surface area contributed by atoms with Gasteiger partial charge in [0, 0.05) is 6.42 Å². The first-order valence-corrected chi connectivity index (χ1v) is 27.2. The average molecular weight is 921 g/mol. The van der Waals surface area contributed by atoms with Gasteiger partial charge in [-0.25, -0.2) is 0 Å². The Hall–Kier alpha value is -3.99. The predicted octanol–water partition coefficient (Wildman–Crippen LogP) is 18.2. The number of allylic oxidation sites excluding steroid dienone is 25. The minimum Gasteiger partial charge on any atom is -0.394 e. The standard InChI is InChI=1S/C63H101NO3/c1-3-5-7-9-11-13-15-17-19-21-22-23-24-25-26-27-28-29-30-31-32-33-34-35-36-37-38-39-40-41-42-43-45-47-49-51-53-55-57-59-63(67)64-61(60-65)62(66)58-56-54-52-50-48-46-44-20-18-16-14-12-10-8-6-4-2/h5,7,11,13,17,19,22-23,25-26,28-29,31-32,34-35,37-38,40-41,43,45,48,50,56,58,61-62,65-66H,3-4,6,8-10,12,14-16,18,20-21,24,27,30,33,36,39,42,44,46-47,49,51-55,57,59-60H2,1-2H3,(H,64,67)/b7-5-,13-11-,19-17-,23-22-,26-25-,29-28-,32-31-,35-34-,38-37-,41-40-,45-43-,50-48+,58-56+. The zero-order valence-corrected chi connectivity index (χ0v) is 43.1. The van der Waals surface area contributed by atoms with Crippen molar-refractivity contribution in [3.8, 4) is 0 Å². The van der Waals surface area contributed by atoms with E-state index in [4.69, 9.17) is 0 Å². The van der Waals surface area contributed by atoms with Crippen LogP contribution in [0.1, 0.15) is 213 Å². The maximum atomic E-state index is 12.4. The number of hydrogen-bond donors (Lipinski definition) is 3. The van der Waals surface area contributed by atoms with Crippen molar-refractivity contribution in [2.75, 3.05) is 6.61 Å². The molecule has 376 valence electrons. The molecule has 0 rings (SSSR count). The van der Waals surface area contributed by atoms with Crippen molar-refractivity contribution >= 4 is 5.91 Å². The fraction of sp³-hybridized carbons (Fsp3) is 0.571. The summed E-state index contributed by atoms with van der Waals surface area (Å²) >= 11 is 0. The predicted molar refractivity (Wildman–Crippen MR) is 298 cm³/mol.